The topological polar surface area (TPSA) is 65.1 Å². The summed E-state index contributed by atoms with van der Waals surface area (Å²) in [6.45, 7) is 4.52. The van der Waals surface area contributed by atoms with Crippen LogP contribution in [0.4, 0.5) is 0 Å². The van der Waals surface area contributed by atoms with Gasteiger partial charge in [0.05, 0.1) is 22.4 Å². The molecule has 0 aliphatic heterocycles. The molecule has 1 aromatic heterocycles. The first kappa shape index (κ1) is 16.3. The van der Waals surface area contributed by atoms with Crippen LogP contribution in [0.2, 0.25) is 5.02 Å². The third-order valence-electron chi connectivity index (χ3n) is 3.04. The molecule has 0 saturated heterocycles. The number of nitrogens with zero attached hydrogens (tertiary/aromatic N) is 2. The number of aromatic nitrogens is 2. The van der Waals surface area contributed by atoms with E-state index in [9.17, 15) is 0 Å². The Balaban J connectivity index is 2.13. The van der Waals surface area contributed by atoms with Crippen molar-refractivity contribution in [1.29, 1.82) is 0 Å². The Kier molecular flexibility index (Phi) is 5.64. The number of ether oxygens (including phenoxy) is 1. The molecule has 1 atom stereocenters. The minimum Gasteiger partial charge on any atom is -0.491 e. The molecule has 3 N–H and O–H groups in total. The van der Waals surface area contributed by atoms with Gasteiger partial charge in [-0.2, -0.15) is 5.10 Å². The molecule has 0 aliphatic carbocycles. The normalized spacial score (nSPS) is 12.7. The maximum atomic E-state index is 5.85. The SMILES string of the molecule is CC(C)n1ncc(Br)c1C(COc1ccc(Cl)cc1)NN. The second kappa shape index (κ2) is 7.26. The van der Waals surface area contributed by atoms with Gasteiger partial charge in [-0.3, -0.25) is 10.5 Å². The summed E-state index contributed by atoms with van der Waals surface area (Å²) in [6, 6.07) is 7.28. The molecule has 0 aliphatic rings. The molecule has 0 amide bonds. The average molecular weight is 374 g/mol. The van der Waals surface area contributed by atoms with E-state index < -0.39 is 0 Å². The standard InChI is InChI=1S/C14H18BrClN4O/c1-9(2)20-14(12(15)7-18-20)13(19-17)8-21-11-5-3-10(16)4-6-11/h3-7,9,13,19H,8,17H2,1-2H3. The molecule has 21 heavy (non-hydrogen) atoms. The lowest BCUT2D eigenvalue weighted by Gasteiger charge is -2.20. The molecule has 0 bridgehead atoms. The first-order valence-corrected chi connectivity index (χ1v) is 7.77. The minimum atomic E-state index is -0.181. The van der Waals surface area contributed by atoms with Crippen LogP contribution in [0.1, 0.15) is 31.6 Å². The molecule has 2 rings (SSSR count). The predicted octanol–water partition coefficient (Wildman–Crippen LogP) is 3.46. The van der Waals surface area contributed by atoms with Crippen LogP contribution >= 0.6 is 27.5 Å². The zero-order valence-corrected chi connectivity index (χ0v) is 14.2. The fraction of sp³-hybridized carbons (Fsp3) is 0.357. The Labute approximate surface area is 137 Å². The Bertz CT molecular complexity index is 585. The highest BCUT2D eigenvalue weighted by Gasteiger charge is 2.21. The summed E-state index contributed by atoms with van der Waals surface area (Å²) in [5, 5.41) is 5.03. The Hall–Kier alpha value is -1.08. The Morgan fingerprint density at radius 3 is 2.62 bits per heavy atom. The number of nitrogens with two attached hydrogens (primary N) is 1. The van der Waals surface area contributed by atoms with Crippen molar-refractivity contribution in [3.8, 4) is 5.75 Å². The van der Waals surface area contributed by atoms with Gasteiger partial charge in [-0.15, -0.1) is 0 Å². The molecule has 5 nitrogen and oxygen atoms in total. The summed E-state index contributed by atoms with van der Waals surface area (Å²) in [4.78, 5) is 0. The zero-order chi connectivity index (χ0) is 15.4. The highest BCUT2D eigenvalue weighted by atomic mass is 79.9. The van der Waals surface area contributed by atoms with Crippen molar-refractivity contribution in [2.45, 2.75) is 25.9 Å². The van der Waals surface area contributed by atoms with Crippen molar-refractivity contribution in [3.63, 3.8) is 0 Å². The monoisotopic (exact) mass is 372 g/mol. The smallest absolute Gasteiger partial charge is 0.119 e. The molecule has 0 spiro atoms. The summed E-state index contributed by atoms with van der Waals surface area (Å²) in [7, 11) is 0. The van der Waals surface area contributed by atoms with Crippen LogP contribution in [0.3, 0.4) is 0 Å². The van der Waals surface area contributed by atoms with Crippen LogP contribution in [-0.2, 0) is 0 Å². The summed E-state index contributed by atoms with van der Waals surface area (Å²) in [6.07, 6.45) is 1.77. The highest BCUT2D eigenvalue weighted by Crippen LogP contribution is 2.26. The van der Waals surface area contributed by atoms with Crippen molar-refractivity contribution < 1.29 is 4.74 Å². The molecule has 114 valence electrons. The third-order valence-corrected chi connectivity index (χ3v) is 3.90. The first-order chi connectivity index (χ1) is 10.0. The van der Waals surface area contributed by atoms with Crippen LogP contribution in [0.25, 0.3) is 0 Å². The van der Waals surface area contributed by atoms with E-state index in [4.69, 9.17) is 22.2 Å². The molecule has 1 heterocycles. The lowest BCUT2D eigenvalue weighted by Crippen LogP contribution is -2.34. The van der Waals surface area contributed by atoms with Gasteiger partial charge in [0.15, 0.2) is 0 Å². The number of rotatable bonds is 6. The minimum absolute atomic E-state index is 0.181. The summed E-state index contributed by atoms with van der Waals surface area (Å²) < 4.78 is 8.58. The average Bonchev–Trinajstić information content (AvgIpc) is 2.84. The molecule has 1 unspecified atom stereocenters. The molecule has 2 aromatic rings. The number of hydrogen-bond acceptors (Lipinski definition) is 4. The molecule has 0 radical (unpaired) electrons. The maximum Gasteiger partial charge on any atom is 0.119 e. The third kappa shape index (κ3) is 3.97. The summed E-state index contributed by atoms with van der Waals surface area (Å²) in [5.74, 6) is 6.42. The van der Waals surface area contributed by atoms with Gasteiger partial charge in [-0.25, -0.2) is 5.43 Å². The van der Waals surface area contributed by atoms with Gasteiger partial charge in [-0.1, -0.05) is 11.6 Å². The molecule has 0 fully saturated rings. The molecular weight excluding hydrogens is 356 g/mol. The molecule has 0 saturated carbocycles. The van der Waals surface area contributed by atoms with E-state index in [2.05, 4.69) is 40.3 Å². The van der Waals surface area contributed by atoms with Gasteiger partial charge in [0.25, 0.3) is 0 Å². The van der Waals surface area contributed by atoms with E-state index in [-0.39, 0.29) is 12.1 Å². The van der Waals surface area contributed by atoms with E-state index in [1.807, 2.05) is 16.8 Å². The predicted molar refractivity (Wildman–Crippen MR) is 87.3 cm³/mol. The van der Waals surface area contributed by atoms with E-state index in [1.165, 1.54) is 0 Å². The quantitative estimate of drug-likeness (QED) is 0.601. The van der Waals surface area contributed by atoms with Gasteiger partial charge in [0.1, 0.15) is 12.4 Å². The molecule has 1 aromatic carbocycles. The first-order valence-electron chi connectivity index (χ1n) is 6.60. The zero-order valence-electron chi connectivity index (χ0n) is 11.9. The maximum absolute atomic E-state index is 5.85. The Morgan fingerprint density at radius 1 is 1.38 bits per heavy atom. The van der Waals surface area contributed by atoms with Crippen molar-refractivity contribution in [2.24, 2.45) is 5.84 Å². The number of halogens is 2. The van der Waals surface area contributed by atoms with Crippen molar-refractivity contribution in [2.75, 3.05) is 6.61 Å². The van der Waals surface area contributed by atoms with E-state index in [0.29, 0.717) is 11.6 Å². The van der Waals surface area contributed by atoms with E-state index >= 15 is 0 Å². The number of hydrogen-bond donors (Lipinski definition) is 2. The Morgan fingerprint density at radius 2 is 2.05 bits per heavy atom. The van der Waals surface area contributed by atoms with Gasteiger partial charge in [-0.05, 0) is 54.0 Å². The fourth-order valence-electron chi connectivity index (χ4n) is 2.00. The number of hydrazine groups is 1. The second-order valence-electron chi connectivity index (χ2n) is 4.90. The van der Waals surface area contributed by atoms with Crippen molar-refractivity contribution in [3.05, 3.63) is 45.7 Å². The van der Waals surface area contributed by atoms with Crippen molar-refractivity contribution >= 4 is 27.5 Å². The lowest BCUT2D eigenvalue weighted by molar-refractivity contribution is 0.257. The van der Waals surface area contributed by atoms with E-state index in [0.717, 1.165) is 15.9 Å². The van der Waals surface area contributed by atoms with Crippen molar-refractivity contribution in [1.82, 2.24) is 15.2 Å². The second-order valence-corrected chi connectivity index (χ2v) is 6.19. The number of nitrogens with one attached hydrogen (secondary N) is 1. The molecule has 7 heteroatoms. The summed E-state index contributed by atoms with van der Waals surface area (Å²) in [5.41, 5.74) is 3.74. The van der Waals surface area contributed by atoms with Crippen LogP contribution in [0.15, 0.2) is 34.9 Å². The van der Waals surface area contributed by atoms with Crippen LogP contribution in [0, 0.1) is 0 Å². The fourth-order valence-corrected chi connectivity index (χ4v) is 2.68. The highest BCUT2D eigenvalue weighted by molar-refractivity contribution is 9.10. The largest absolute Gasteiger partial charge is 0.491 e. The van der Waals surface area contributed by atoms with Crippen LogP contribution in [-0.4, -0.2) is 16.4 Å². The van der Waals surface area contributed by atoms with Gasteiger partial charge < -0.3 is 4.74 Å². The van der Waals surface area contributed by atoms with Gasteiger partial charge >= 0.3 is 0 Å². The van der Waals surface area contributed by atoms with Gasteiger partial charge in [0, 0.05) is 11.1 Å². The lowest BCUT2D eigenvalue weighted by atomic mass is 10.2. The van der Waals surface area contributed by atoms with Crippen LogP contribution < -0.4 is 16.0 Å². The van der Waals surface area contributed by atoms with Gasteiger partial charge in [0.2, 0.25) is 0 Å². The van der Waals surface area contributed by atoms with Crippen LogP contribution in [0.5, 0.6) is 5.75 Å². The summed E-state index contributed by atoms with van der Waals surface area (Å²) >= 11 is 9.36. The molecular formula is C14H18BrClN4O. The number of benzene rings is 1. The van der Waals surface area contributed by atoms with E-state index in [1.54, 1.807) is 18.3 Å².